The molecule has 1 atom stereocenters. The third kappa shape index (κ3) is 7.92. The summed E-state index contributed by atoms with van der Waals surface area (Å²) >= 11 is 0. The number of carbonyl (C=O) groups excluding carboxylic acids is 3. The first kappa shape index (κ1) is 24.1. The van der Waals surface area contributed by atoms with E-state index in [-0.39, 0.29) is 0 Å². The normalized spacial score (nSPS) is 13.3. The van der Waals surface area contributed by atoms with E-state index in [0.29, 0.717) is 0 Å². The summed E-state index contributed by atoms with van der Waals surface area (Å²) in [5.74, 6) is -1.56. The first-order valence-corrected chi connectivity index (χ1v) is 8.30. The Morgan fingerprint density at radius 1 is 0.931 bits per heavy atom. The van der Waals surface area contributed by atoms with Gasteiger partial charge in [-0.2, -0.15) is 18.1 Å². The van der Waals surface area contributed by atoms with Crippen molar-refractivity contribution in [3.05, 3.63) is 24.3 Å². The molecule has 0 fully saturated rings. The second-order valence-electron chi connectivity index (χ2n) is 7.72. The maximum Gasteiger partial charge on any atom is 0.446 e. The Kier molecular flexibility index (Phi) is 7.17. The fourth-order valence-corrected chi connectivity index (χ4v) is 1.72. The van der Waals surface area contributed by atoms with Crippen molar-refractivity contribution < 1.29 is 41.8 Å². The number of aromatic nitrogens is 2. The lowest BCUT2D eigenvalue weighted by atomic mass is 10.2. The number of esters is 1. The van der Waals surface area contributed by atoms with Gasteiger partial charge in [-0.3, -0.25) is 4.98 Å². The molecule has 162 valence electrons. The summed E-state index contributed by atoms with van der Waals surface area (Å²) in [5, 5.41) is 0. The number of nitrogens with zero attached hydrogens (tertiary/aromatic N) is 3. The molecule has 0 bridgehead atoms. The zero-order valence-electron chi connectivity index (χ0n) is 16.7. The minimum absolute atomic E-state index is 0.440. The lowest BCUT2D eigenvalue weighted by Crippen LogP contribution is -2.56. The highest BCUT2D eigenvalue weighted by molar-refractivity contribution is 5.90. The van der Waals surface area contributed by atoms with E-state index >= 15 is 0 Å². The fraction of sp³-hybridized carbons (Fsp3) is 0.588. The highest BCUT2D eigenvalue weighted by Crippen LogP contribution is 2.29. The molecule has 1 aromatic heterocycles. The van der Waals surface area contributed by atoms with Gasteiger partial charge < -0.3 is 14.2 Å². The van der Waals surface area contributed by atoms with Gasteiger partial charge in [0.1, 0.15) is 11.2 Å². The molecule has 0 saturated heterocycles. The van der Waals surface area contributed by atoms with Gasteiger partial charge in [-0.15, -0.1) is 0 Å². The fourth-order valence-electron chi connectivity index (χ4n) is 1.72. The quantitative estimate of drug-likeness (QED) is 0.413. The first-order chi connectivity index (χ1) is 13.0. The van der Waals surface area contributed by atoms with Crippen LogP contribution in [0.2, 0.25) is 0 Å². The molecule has 0 aliphatic heterocycles. The summed E-state index contributed by atoms with van der Waals surface area (Å²) < 4.78 is 55.1. The van der Waals surface area contributed by atoms with Crippen molar-refractivity contribution in [3.8, 4) is 0 Å². The highest BCUT2D eigenvalue weighted by atomic mass is 19.4. The van der Waals surface area contributed by atoms with Crippen LogP contribution in [-0.2, 0) is 14.2 Å². The van der Waals surface area contributed by atoms with Crippen LogP contribution in [0.25, 0.3) is 0 Å². The molecule has 12 heteroatoms. The number of imide groups is 1. The summed E-state index contributed by atoms with van der Waals surface area (Å²) in [6.07, 6.45) is -8.99. The van der Waals surface area contributed by atoms with Gasteiger partial charge in [-0.25, -0.2) is 19.4 Å². The van der Waals surface area contributed by atoms with Crippen LogP contribution >= 0.6 is 0 Å². The van der Waals surface area contributed by atoms with Crippen molar-refractivity contribution in [2.24, 2.45) is 0 Å². The Bertz CT molecular complexity index is 714. The van der Waals surface area contributed by atoms with Crippen LogP contribution in [0.4, 0.5) is 22.8 Å². The molecule has 0 aromatic carbocycles. The Labute approximate surface area is 165 Å². The molecule has 0 spiro atoms. The molecule has 29 heavy (non-hydrogen) atoms. The maximum absolute atomic E-state index is 13.7. The van der Waals surface area contributed by atoms with Crippen LogP contribution in [0, 0.1) is 0 Å². The van der Waals surface area contributed by atoms with Gasteiger partial charge in [0, 0.05) is 12.4 Å². The molecule has 0 saturated carbocycles. The lowest BCUT2D eigenvalue weighted by molar-refractivity contribution is -0.239. The summed E-state index contributed by atoms with van der Waals surface area (Å²) in [6, 6.07) is 0. The average Bonchev–Trinajstić information content (AvgIpc) is 2.50. The van der Waals surface area contributed by atoms with Crippen molar-refractivity contribution in [3.63, 3.8) is 0 Å². The molecular formula is C17H22F3N3O6. The largest absolute Gasteiger partial charge is 0.446 e. The summed E-state index contributed by atoms with van der Waals surface area (Å²) in [6.45, 7) is 8.29. The van der Waals surface area contributed by atoms with Crippen molar-refractivity contribution in [2.45, 2.75) is 65.1 Å². The molecule has 1 heterocycles. The van der Waals surface area contributed by atoms with Crippen LogP contribution < -0.4 is 0 Å². The molecule has 0 aliphatic rings. The number of halogens is 3. The zero-order chi connectivity index (χ0) is 22.6. The topological polar surface area (TPSA) is 108 Å². The molecule has 1 rings (SSSR count). The summed E-state index contributed by atoms with van der Waals surface area (Å²) in [5.41, 5.74) is -3.06. The SMILES string of the molecule is CC(C)(C)OC(=O)N(C(=O)OC(C)(C)C)C(OC(=O)c1cnccn1)C(F)(F)F. The van der Waals surface area contributed by atoms with E-state index in [1.807, 2.05) is 0 Å². The average molecular weight is 421 g/mol. The number of ether oxygens (including phenoxy) is 3. The van der Waals surface area contributed by atoms with Crippen molar-refractivity contribution in [1.29, 1.82) is 0 Å². The number of carbonyl (C=O) groups is 3. The smallest absolute Gasteiger partial charge is 0.443 e. The minimum atomic E-state index is -5.36. The number of hydrogen-bond donors (Lipinski definition) is 0. The highest BCUT2D eigenvalue weighted by Gasteiger charge is 2.54. The molecule has 2 amide bonds. The number of amides is 2. The van der Waals surface area contributed by atoms with Gasteiger partial charge in [0.25, 0.3) is 6.23 Å². The van der Waals surface area contributed by atoms with E-state index in [2.05, 4.69) is 14.7 Å². The van der Waals surface area contributed by atoms with E-state index in [4.69, 9.17) is 9.47 Å². The first-order valence-electron chi connectivity index (χ1n) is 8.30. The molecule has 9 nitrogen and oxygen atoms in total. The lowest BCUT2D eigenvalue weighted by Gasteiger charge is -2.33. The molecule has 1 unspecified atom stereocenters. The van der Waals surface area contributed by atoms with Gasteiger partial charge >= 0.3 is 24.3 Å². The summed E-state index contributed by atoms with van der Waals surface area (Å²) in [4.78, 5) is 43.5. The monoisotopic (exact) mass is 421 g/mol. The van der Waals surface area contributed by atoms with E-state index < -0.39 is 52.4 Å². The van der Waals surface area contributed by atoms with Gasteiger partial charge in [0.15, 0.2) is 5.69 Å². The predicted molar refractivity (Wildman–Crippen MR) is 91.6 cm³/mol. The van der Waals surface area contributed by atoms with Crippen molar-refractivity contribution in [2.75, 3.05) is 0 Å². The van der Waals surface area contributed by atoms with Gasteiger partial charge in [-0.05, 0) is 41.5 Å². The molecule has 0 N–H and O–H groups in total. The number of rotatable bonds is 3. The van der Waals surface area contributed by atoms with Crippen LogP contribution in [0.5, 0.6) is 0 Å². The predicted octanol–water partition coefficient (Wildman–Crippen LogP) is 3.69. The Morgan fingerprint density at radius 2 is 1.41 bits per heavy atom. The van der Waals surface area contributed by atoms with E-state index in [1.54, 1.807) is 0 Å². The van der Waals surface area contributed by atoms with Crippen molar-refractivity contribution in [1.82, 2.24) is 14.9 Å². The molecule has 0 radical (unpaired) electrons. The standard InChI is InChI=1S/C17H22F3N3O6/c1-15(2,3)28-13(25)23(14(26)29-16(4,5)6)12(17(18,19)20)27-11(24)10-9-21-7-8-22-10/h7-9,12H,1-6H3. The Balaban J connectivity index is 3.33. The molecular weight excluding hydrogens is 399 g/mol. The zero-order valence-corrected chi connectivity index (χ0v) is 16.7. The van der Waals surface area contributed by atoms with E-state index in [0.717, 1.165) is 12.4 Å². The van der Waals surface area contributed by atoms with E-state index in [1.165, 1.54) is 47.7 Å². The third-order valence-corrected chi connectivity index (χ3v) is 2.69. The number of hydrogen-bond acceptors (Lipinski definition) is 8. The minimum Gasteiger partial charge on any atom is -0.443 e. The number of alkyl halides is 3. The van der Waals surface area contributed by atoms with Crippen LogP contribution in [0.15, 0.2) is 18.6 Å². The molecule has 1 aromatic rings. The second kappa shape index (κ2) is 8.62. The van der Waals surface area contributed by atoms with Crippen LogP contribution in [0.3, 0.4) is 0 Å². The van der Waals surface area contributed by atoms with Crippen LogP contribution in [-0.4, -0.2) is 56.6 Å². The molecule has 0 aliphatic carbocycles. The Hall–Kier alpha value is -2.92. The second-order valence-corrected chi connectivity index (χ2v) is 7.72. The maximum atomic E-state index is 13.7. The van der Waals surface area contributed by atoms with E-state index in [9.17, 15) is 27.6 Å². The summed E-state index contributed by atoms with van der Waals surface area (Å²) in [7, 11) is 0. The van der Waals surface area contributed by atoms with Crippen LogP contribution in [0.1, 0.15) is 52.0 Å². The van der Waals surface area contributed by atoms with Gasteiger partial charge in [0.2, 0.25) is 0 Å². The Morgan fingerprint density at radius 3 is 1.76 bits per heavy atom. The van der Waals surface area contributed by atoms with Crippen molar-refractivity contribution >= 4 is 18.2 Å². The third-order valence-electron chi connectivity index (χ3n) is 2.69. The van der Waals surface area contributed by atoms with Gasteiger partial charge in [-0.1, -0.05) is 0 Å². The van der Waals surface area contributed by atoms with Gasteiger partial charge in [0.05, 0.1) is 6.20 Å².